The summed E-state index contributed by atoms with van der Waals surface area (Å²) in [5.41, 5.74) is 3.57. The number of benzene rings is 2. The topological polar surface area (TPSA) is 51.2 Å². The summed E-state index contributed by atoms with van der Waals surface area (Å²) >= 11 is 0. The van der Waals surface area contributed by atoms with Crippen molar-refractivity contribution in [2.24, 2.45) is 5.84 Å². The molecule has 3 N–H and O–H groups in total. The smallest absolute Gasteiger partial charge is 0.162 e. The molecule has 1 unspecified atom stereocenters. The van der Waals surface area contributed by atoms with Crippen molar-refractivity contribution in [1.29, 1.82) is 0 Å². The van der Waals surface area contributed by atoms with E-state index in [1.54, 1.807) is 0 Å². The van der Waals surface area contributed by atoms with Crippen molar-refractivity contribution in [2.75, 3.05) is 0 Å². The Bertz CT molecular complexity index is 737. The number of nitrogens with one attached hydrogen (secondary N) is 1. The highest BCUT2D eigenvalue weighted by molar-refractivity contribution is 5.77. The summed E-state index contributed by atoms with van der Waals surface area (Å²) in [4.78, 5) is 0. The Morgan fingerprint density at radius 3 is 2.67 bits per heavy atom. The fourth-order valence-corrected chi connectivity index (χ4v) is 2.34. The van der Waals surface area contributed by atoms with Gasteiger partial charge in [-0.15, -0.1) is 0 Å². The van der Waals surface area contributed by atoms with Crippen LogP contribution in [-0.4, -0.2) is 0 Å². The van der Waals surface area contributed by atoms with Crippen molar-refractivity contribution in [3.63, 3.8) is 0 Å². The van der Waals surface area contributed by atoms with Crippen molar-refractivity contribution in [1.82, 2.24) is 5.43 Å². The summed E-state index contributed by atoms with van der Waals surface area (Å²) in [6.45, 7) is 0. The van der Waals surface area contributed by atoms with Gasteiger partial charge in [0.05, 0.1) is 6.04 Å². The van der Waals surface area contributed by atoms with E-state index < -0.39 is 17.7 Å². The van der Waals surface area contributed by atoms with Gasteiger partial charge < -0.3 is 4.42 Å². The molecule has 0 fully saturated rings. The van der Waals surface area contributed by atoms with Crippen molar-refractivity contribution >= 4 is 11.0 Å². The van der Waals surface area contributed by atoms with E-state index in [0.29, 0.717) is 5.76 Å². The number of hydrogen-bond acceptors (Lipinski definition) is 3. The minimum absolute atomic E-state index is 0.194. The number of halogens is 2. The molecule has 0 aliphatic rings. The van der Waals surface area contributed by atoms with Gasteiger partial charge in [-0.1, -0.05) is 30.3 Å². The van der Waals surface area contributed by atoms with Crippen LogP contribution in [0.5, 0.6) is 0 Å². The molecular weight excluding hydrogens is 274 g/mol. The average molecular weight is 288 g/mol. The first-order valence-corrected chi connectivity index (χ1v) is 6.56. The van der Waals surface area contributed by atoms with Crippen LogP contribution < -0.4 is 11.3 Å². The Labute approximate surface area is 120 Å². The highest BCUT2D eigenvalue weighted by atomic mass is 19.2. The second-order valence-corrected chi connectivity index (χ2v) is 4.82. The summed E-state index contributed by atoms with van der Waals surface area (Å²) in [5, 5.41) is 0.937. The molecule has 3 aromatic rings. The molecule has 21 heavy (non-hydrogen) atoms. The second-order valence-electron chi connectivity index (χ2n) is 4.82. The molecule has 0 saturated heterocycles. The van der Waals surface area contributed by atoms with E-state index in [1.165, 1.54) is 12.1 Å². The first-order chi connectivity index (χ1) is 10.2. The SMILES string of the molecule is NNC(Cc1cccc(F)c1F)c1cc2ccccc2o1. The Kier molecular flexibility index (Phi) is 3.68. The standard InChI is InChI=1S/C16H14F2N2O/c17-12-6-3-5-11(16(12)18)8-13(20-19)15-9-10-4-1-2-7-14(10)21-15/h1-7,9,13,20H,8,19H2. The van der Waals surface area contributed by atoms with Gasteiger partial charge in [0.15, 0.2) is 11.6 Å². The minimum Gasteiger partial charge on any atom is -0.459 e. The number of fused-ring (bicyclic) bond motifs is 1. The van der Waals surface area contributed by atoms with Crippen LogP contribution in [0.15, 0.2) is 52.9 Å². The lowest BCUT2D eigenvalue weighted by Gasteiger charge is -2.13. The maximum atomic E-state index is 13.7. The molecule has 0 bridgehead atoms. The van der Waals surface area contributed by atoms with Crippen molar-refractivity contribution in [2.45, 2.75) is 12.5 Å². The molecule has 108 valence electrons. The normalized spacial score (nSPS) is 12.7. The Balaban J connectivity index is 1.93. The highest BCUT2D eigenvalue weighted by Gasteiger charge is 2.18. The number of hydrazine groups is 1. The lowest BCUT2D eigenvalue weighted by molar-refractivity contribution is 0.424. The predicted molar refractivity (Wildman–Crippen MR) is 76.3 cm³/mol. The molecule has 0 radical (unpaired) electrons. The van der Waals surface area contributed by atoms with Crippen LogP contribution in [-0.2, 0) is 6.42 Å². The van der Waals surface area contributed by atoms with Crippen LogP contribution in [0.2, 0.25) is 0 Å². The van der Waals surface area contributed by atoms with Crippen molar-refractivity contribution in [3.8, 4) is 0 Å². The fraction of sp³-hybridized carbons (Fsp3) is 0.125. The van der Waals surface area contributed by atoms with Gasteiger partial charge in [0.25, 0.3) is 0 Å². The van der Waals surface area contributed by atoms with Gasteiger partial charge in [0, 0.05) is 5.39 Å². The van der Waals surface area contributed by atoms with Gasteiger partial charge in [-0.05, 0) is 30.2 Å². The molecule has 3 nitrogen and oxygen atoms in total. The van der Waals surface area contributed by atoms with Gasteiger partial charge in [-0.3, -0.25) is 5.84 Å². The Hall–Kier alpha value is -2.24. The second kappa shape index (κ2) is 5.63. The molecule has 0 saturated carbocycles. The summed E-state index contributed by atoms with van der Waals surface area (Å²) in [6.07, 6.45) is 0.194. The predicted octanol–water partition coefficient (Wildman–Crippen LogP) is 3.46. The van der Waals surface area contributed by atoms with Crippen molar-refractivity contribution < 1.29 is 13.2 Å². The largest absolute Gasteiger partial charge is 0.459 e. The van der Waals surface area contributed by atoms with Gasteiger partial charge in [0.1, 0.15) is 11.3 Å². The monoisotopic (exact) mass is 288 g/mol. The molecule has 0 aliphatic heterocycles. The minimum atomic E-state index is -0.868. The van der Waals surface area contributed by atoms with Crippen LogP contribution in [0.3, 0.4) is 0 Å². The number of hydrogen-bond donors (Lipinski definition) is 2. The van der Waals surface area contributed by atoms with E-state index in [2.05, 4.69) is 5.43 Å². The number of furan rings is 1. The van der Waals surface area contributed by atoms with E-state index in [0.717, 1.165) is 17.0 Å². The first kappa shape index (κ1) is 13.7. The van der Waals surface area contributed by atoms with Crippen LogP contribution in [0.4, 0.5) is 8.78 Å². The van der Waals surface area contributed by atoms with Gasteiger partial charge in [0.2, 0.25) is 0 Å². The average Bonchev–Trinajstić information content (AvgIpc) is 2.92. The van der Waals surface area contributed by atoms with Gasteiger partial charge in [-0.2, -0.15) is 0 Å². The number of para-hydroxylation sites is 1. The number of rotatable bonds is 4. The lowest BCUT2D eigenvalue weighted by atomic mass is 10.0. The third-order valence-electron chi connectivity index (χ3n) is 3.44. The third-order valence-corrected chi connectivity index (χ3v) is 3.44. The van der Waals surface area contributed by atoms with E-state index >= 15 is 0 Å². The maximum Gasteiger partial charge on any atom is 0.162 e. The number of nitrogens with two attached hydrogens (primary N) is 1. The molecule has 5 heteroatoms. The zero-order chi connectivity index (χ0) is 14.8. The molecule has 1 aromatic heterocycles. The molecule has 1 heterocycles. The Morgan fingerprint density at radius 2 is 1.90 bits per heavy atom. The van der Waals surface area contributed by atoms with Crippen LogP contribution in [0, 0.1) is 11.6 Å². The van der Waals surface area contributed by atoms with E-state index in [9.17, 15) is 8.78 Å². The zero-order valence-corrected chi connectivity index (χ0v) is 11.1. The molecule has 0 aliphatic carbocycles. The lowest BCUT2D eigenvalue weighted by Crippen LogP contribution is -2.29. The van der Waals surface area contributed by atoms with E-state index in [4.69, 9.17) is 10.3 Å². The van der Waals surface area contributed by atoms with E-state index in [1.807, 2.05) is 30.3 Å². The summed E-state index contributed by atoms with van der Waals surface area (Å²) in [5.74, 6) is 4.40. The molecule has 0 amide bonds. The first-order valence-electron chi connectivity index (χ1n) is 6.56. The molecular formula is C16H14F2N2O. The quantitative estimate of drug-likeness (QED) is 0.571. The van der Waals surface area contributed by atoms with Crippen molar-refractivity contribution in [3.05, 3.63) is 71.5 Å². The van der Waals surface area contributed by atoms with Crippen LogP contribution in [0.1, 0.15) is 17.4 Å². The van der Waals surface area contributed by atoms with Crippen LogP contribution >= 0.6 is 0 Å². The summed E-state index contributed by atoms with van der Waals surface area (Å²) in [6, 6.07) is 13.0. The van der Waals surface area contributed by atoms with Gasteiger partial charge in [-0.25, -0.2) is 14.2 Å². The van der Waals surface area contributed by atoms with E-state index in [-0.39, 0.29) is 12.0 Å². The van der Waals surface area contributed by atoms with Gasteiger partial charge >= 0.3 is 0 Å². The zero-order valence-electron chi connectivity index (χ0n) is 11.1. The fourth-order valence-electron chi connectivity index (χ4n) is 2.34. The Morgan fingerprint density at radius 1 is 1.10 bits per heavy atom. The molecule has 2 aromatic carbocycles. The third kappa shape index (κ3) is 2.66. The highest BCUT2D eigenvalue weighted by Crippen LogP contribution is 2.26. The maximum absolute atomic E-state index is 13.7. The summed E-state index contributed by atoms with van der Waals surface area (Å²) < 4.78 is 32.7. The molecule has 0 spiro atoms. The molecule has 3 rings (SSSR count). The summed E-state index contributed by atoms with van der Waals surface area (Å²) in [7, 11) is 0. The molecule has 1 atom stereocenters. The van der Waals surface area contributed by atoms with Crippen LogP contribution in [0.25, 0.3) is 11.0 Å².